The molecule has 0 unspecified atom stereocenters. The highest BCUT2D eigenvalue weighted by atomic mass is 16.5. The van der Waals surface area contributed by atoms with E-state index < -0.39 is 0 Å². The predicted molar refractivity (Wildman–Crippen MR) is 136 cm³/mol. The van der Waals surface area contributed by atoms with Gasteiger partial charge < -0.3 is 14.7 Å². The van der Waals surface area contributed by atoms with Gasteiger partial charge in [0.05, 0.1) is 0 Å². The molecule has 166 valence electrons. The lowest BCUT2D eigenvalue weighted by atomic mass is 9.87. The van der Waals surface area contributed by atoms with Crippen LogP contribution in [0, 0.1) is 0 Å². The van der Waals surface area contributed by atoms with E-state index in [2.05, 4.69) is 54.8 Å². The lowest BCUT2D eigenvalue weighted by molar-refractivity contribution is 0.261. The average Bonchev–Trinajstić information content (AvgIpc) is 2.79. The van der Waals surface area contributed by atoms with Crippen LogP contribution in [0.1, 0.15) is 42.5 Å². The lowest BCUT2D eigenvalue weighted by Gasteiger charge is -2.17. The van der Waals surface area contributed by atoms with Gasteiger partial charge in [-0.2, -0.15) is 0 Å². The first-order valence-corrected chi connectivity index (χ1v) is 11.1. The van der Waals surface area contributed by atoms with Gasteiger partial charge in [-0.05, 0) is 85.1 Å². The molecule has 0 spiro atoms. The number of hydrogen-bond acceptors (Lipinski definition) is 3. The highest BCUT2D eigenvalue weighted by Crippen LogP contribution is 2.36. The van der Waals surface area contributed by atoms with E-state index in [-0.39, 0.29) is 5.75 Å². The molecule has 0 saturated heterocycles. The van der Waals surface area contributed by atoms with Crippen LogP contribution in [0.4, 0.5) is 0 Å². The molecule has 0 saturated carbocycles. The van der Waals surface area contributed by atoms with Crippen molar-refractivity contribution in [2.24, 2.45) is 0 Å². The first kappa shape index (κ1) is 23.4. The Balaban J connectivity index is 2.05. The van der Waals surface area contributed by atoms with Crippen molar-refractivity contribution >= 4 is 16.7 Å². The van der Waals surface area contributed by atoms with Crippen LogP contribution in [0.3, 0.4) is 0 Å². The summed E-state index contributed by atoms with van der Waals surface area (Å²) < 4.78 is 5.88. The summed E-state index contributed by atoms with van der Waals surface area (Å²) in [4.78, 5) is 2.10. The second-order valence-corrected chi connectivity index (χ2v) is 8.29. The molecule has 0 fully saturated rings. The van der Waals surface area contributed by atoms with E-state index in [1.165, 1.54) is 11.1 Å². The Labute approximate surface area is 192 Å². The maximum atomic E-state index is 9.82. The number of nitrogens with zero attached hydrogens (tertiary/aromatic N) is 1. The zero-order valence-electron chi connectivity index (χ0n) is 19.6. The van der Waals surface area contributed by atoms with Crippen molar-refractivity contribution in [2.45, 2.75) is 20.3 Å². The van der Waals surface area contributed by atoms with Gasteiger partial charge in [0.15, 0.2) is 0 Å². The largest absolute Gasteiger partial charge is 0.508 e. The Kier molecular flexibility index (Phi) is 7.91. The van der Waals surface area contributed by atoms with Crippen LogP contribution in [0.2, 0.25) is 0 Å². The van der Waals surface area contributed by atoms with Crippen LogP contribution in [-0.4, -0.2) is 37.3 Å². The summed E-state index contributed by atoms with van der Waals surface area (Å²) in [5.41, 5.74) is 8.01. The van der Waals surface area contributed by atoms with E-state index >= 15 is 0 Å². The molecule has 0 aliphatic carbocycles. The van der Waals surface area contributed by atoms with Crippen molar-refractivity contribution in [1.29, 1.82) is 0 Å². The van der Waals surface area contributed by atoms with Crippen molar-refractivity contribution in [1.82, 2.24) is 4.90 Å². The molecule has 0 radical (unpaired) electrons. The third kappa shape index (κ3) is 5.89. The third-order valence-corrected chi connectivity index (χ3v) is 5.49. The van der Waals surface area contributed by atoms with Gasteiger partial charge in [-0.25, -0.2) is 0 Å². The van der Waals surface area contributed by atoms with Crippen LogP contribution < -0.4 is 4.74 Å². The number of aromatic hydroxyl groups is 1. The number of allylic oxidation sites excluding steroid dienone is 2. The SMILES string of the molecule is C=C(C)c1ccc(/C(CC)=C(\c2ccc(O)cc2)c2ccc(OCCN(C)C)cc2)cc1. The normalized spacial score (nSPS) is 11.9. The Morgan fingerprint density at radius 2 is 1.31 bits per heavy atom. The summed E-state index contributed by atoms with van der Waals surface area (Å²) in [5.74, 6) is 1.13. The van der Waals surface area contributed by atoms with Gasteiger partial charge in [0.2, 0.25) is 0 Å². The minimum absolute atomic E-state index is 0.265. The molecule has 0 bridgehead atoms. The van der Waals surface area contributed by atoms with Crippen molar-refractivity contribution in [2.75, 3.05) is 27.2 Å². The van der Waals surface area contributed by atoms with Crippen molar-refractivity contribution in [3.8, 4) is 11.5 Å². The van der Waals surface area contributed by atoms with Gasteiger partial charge in [-0.1, -0.05) is 67.6 Å². The molecular formula is C29H33NO2. The van der Waals surface area contributed by atoms with Crippen molar-refractivity contribution in [3.63, 3.8) is 0 Å². The highest BCUT2D eigenvalue weighted by Gasteiger charge is 2.14. The molecule has 3 rings (SSSR count). The number of likely N-dealkylation sites (N-methyl/N-ethyl adjacent to an activating group) is 1. The molecular weight excluding hydrogens is 394 g/mol. The van der Waals surface area contributed by atoms with E-state index in [1.807, 2.05) is 45.3 Å². The van der Waals surface area contributed by atoms with Crippen molar-refractivity contribution in [3.05, 3.63) is 102 Å². The second kappa shape index (κ2) is 10.8. The van der Waals surface area contributed by atoms with Crippen LogP contribution in [0.15, 0.2) is 79.4 Å². The maximum Gasteiger partial charge on any atom is 0.119 e. The number of rotatable bonds is 9. The van der Waals surface area contributed by atoms with Gasteiger partial charge in [-0.15, -0.1) is 0 Å². The zero-order chi connectivity index (χ0) is 23.1. The second-order valence-electron chi connectivity index (χ2n) is 8.29. The molecule has 0 heterocycles. The molecule has 0 amide bonds. The van der Waals surface area contributed by atoms with Crippen LogP contribution in [0.25, 0.3) is 16.7 Å². The number of hydrogen-bond donors (Lipinski definition) is 1. The molecule has 3 aromatic carbocycles. The Bertz CT molecular complexity index is 1060. The van der Waals surface area contributed by atoms with Crippen LogP contribution in [-0.2, 0) is 0 Å². The summed E-state index contributed by atoms with van der Waals surface area (Å²) in [6, 6.07) is 24.3. The van der Waals surface area contributed by atoms with Crippen LogP contribution in [0.5, 0.6) is 11.5 Å². The zero-order valence-corrected chi connectivity index (χ0v) is 19.6. The number of phenolic OH excluding ortho intramolecular Hbond substituents is 1. The van der Waals surface area contributed by atoms with Gasteiger partial charge in [-0.3, -0.25) is 0 Å². The van der Waals surface area contributed by atoms with Crippen molar-refractivity contribution < 1.29 is 9.84 Å². The monoisotopic (exact) mass is 427 g/mol. The fourth-order valence-corrected chi connectivity index (χ4v) is 3.69. The van der Waals surface area contributed by atoms with Gasteiger partial charge in [0.25, 0.3) is 0 Å². The summed E-state index contributed by atoms with van der Waals surface area (Å²) in [5, 5.41) is 9.82. The summed E-state index contributed by atoms with van der Waals surface area (Å²) in [6.45, 7) is 9.78. The van der Waals surface area contributed by atoms with E-state index in [0.29, 0.717) is 6.61 Å². The Hall–Kier alpha value is -3.30. The Morgan fingerprint density at radius 3 is 1.81 bits per heavy atom. The first-order chi connectivity index (χ1) is 15.4. The molecule has 0 aromatic heterocycles. The average molecular weight is 428 g/mol. The lowest BCUT2D eigenvalue weighted by Crippen LogP contribution is -2.19. The minimum Gasteiger partial charge on any atom is -0.508 e. The summed E-state index contributed by atoms with van der Waals surface area (Å²) in [7, 11) is 4.08. The smallest absolute Gasteiger partial charge is 0.119 e. The fourth-order valence-electron chi connectivity index (χ4n) is 3.69. The first-order valence-electron chi connectivity index (χ1n) is 11.1. The quantitative estimate of drug-likeness (QED) is 0.384. The van der Waals surface area contributed by atoms with Crippen LogP contribution >= 0.6 is 0 Å². The molecule has 0 aliphatic heterocycles. The number of ether oxygens (including phenoxy) is 1. The fraction of sp³-hybridized carbons (Fsp3) is 0.241. The van der Waals surface area contributed by atoms with E-state index in [1.54, 1.807) is 12.1 Å². The van der Waals surface area contributed by atoms with Gasteiger partial charge >= 0.3 is 0 Å². The van der Waals surface area contributed by atoms with E-state index in [9.17, 15) is 5.11 Å². The standard InChI is InChI=1S/C29H33NO2/c1-6-28(23-9-7-22(8-10-23)21(2)3)29(24-11-15-26(31)16-12-24)25-13-17-27(18-14-25)32-20-19-30(4)5/h7-18,31H,2,6,19-20H2,1,3-5H3/b29-28+. The number of benzene rings is 3. The molecule has 32 heavy (non-hydrogen) atoms. The highest BCUT2D eigenvalue weighted by molar-refractivity contribution is 5.98. The summed E-state index contributed by atoms with van der Waals surface area (Å²) in [6.07, 6.45) is 0.879. The molecule has 1 N–H and O–H groups in total. The molecule has 3 aromatic rings. The molecule has 0 aliphatic rings. The molecule has 3 nitrogen and oxygen atoms in total. The van der Waals surface area contributed by atoms with E-state index in [4.69, 9.17) is 4.74 Å². The minimum atomic E-state index is 0.265. The molecule has 0 atom stereocenters. The summed E-state index contributed by atoms with van der Waals surface area (Å²) >= 11 is 0. The maximum absolute atomic E-state index is 9.82. The van der Waals surface area contributed by atoms with E-state index in [0.717, 1.165) is 46.6 Å². The predicted octanol–water partition coefficient (Wildman–Crippen LogP) is 6.73. The van der Waals surface area contributed by atoms with Gasteiger partial charge in [0.1, 0.15) is 18.1 Å². The van der Waals surface area contributed by atoms with Gasteiger partial charge in [0, 0.05) is 6.54 Å². The Morgan fingerprint density at radius 1 is 0.812 bits per heavy atom. The number of phenols is 1. The molecule has 3 heteroatoms. The topological polar surface area (TPSA) is 32.7 Å². The third-order valence-electron chi connectivity index (χ3n) is 5.49.